The molecule has 2 N–H and O–H groups in total. The molecule has 0 aromatic carbocycles. The summed E-state index contributed by atoms with van der Waals surface area (Å²) in [6.45, 7) is 6.08. The molecule has 3 nitrogen and oxygen atoms in total. The maximum Gasteiger partial charge on any atom is 0.164 e. The highest BCUT2D eigenvalue weighted by Gasteiger charge is 2.02. The molecule has 0 radical (unpaired) electrons. The van der Waals surface area contributed by atoms with Gasteiger partial charge in [0.05, 0.1) is 0 Å². The first-order chi connectivity index (χ1) is 4.20. The molecule has 0 aliphatic heterocycles. The number of aliphatic hydroxyl groups excluding tert-OH is 1. The van der Waals surface area contributed by atoms with Crippen LogP contribution in [0.5, 0.6) is 0 Å². The van der Waals surface area contributed by atoms with E-state index in [1.807, 2.05) is 18.7 Å². The van der Waals surface area contributed by atoms with E-state index in [9.17, 15) is 0 Å². The van der Waals surface area contributed by atoms with Crippen molar-refractivity contribution in [3.05, 3.63) is 0 Å². The average molecular weight is 133 g/mol. The van der Waals surface area contributed by atoms with Gasteiger partial charge in [0.2, 0.25) is 0 Å². The summed E-state index contributed by atoms with van der Waals surface area (Å²) in [5.74, 6) is 0. The highest BCUT2D eigenvalue weighted by Crippen LogP contribution is 1.87. The Morgan fingerprint density at radius 1 is 1.22 bits per heavy atom. The second kappa shape index (κ2) is 4.73. The number of hydrogen-bond acceptors (Lipinski definition) is 3. The Bertz CT molecular complexity index is 62.1. The molecular weight excluding hydrogens is 118 g/mol. The van der Waals surface area contributed by atoms with Gasteiger partial charge in [0, 0.05) is 6.54 Å². The van der Waals surface area contributed by atoms with Crippen molar-refractivity contribution in [2.24, 2.45) is 0 Å². The van der Waals surface area contributed by atoms with Gasteiger partial charge in [-0.15, -0.1) is 0 Å². The van der Waals surface area contributed by atoms with Crippen LogP contribution in [0, 0.1) is 0 Å². The van der Waals surface area contributed by atoms with Crippen LogP contribution in [-0.2, 0) is 0 Å². The number of likely N-dealkylation sites (N-methyl/N-ethyl adjacent to an activating group) is 1. The van der Waals surface area contributed by atoms with Gasteiger partial charge in [0.1, 0.15) is 0 Å². The lowest BCUT2D eigenvalue weighted by Crippen LogP contribution is -2.31. The van der Waals surface area contributed by atoms with E-state index >= 15 is 0 Å². The molecule has 0 saturated carbocycles. The monoisotopic (exact) mass is 133 g/mol. The SMILES string of the molecule is CCN(CC)CC(O)O. The Hall–Kier alpha value is -0.120. The fraction of sp³-hybridized carbons (Fsp3) is 1.00. The van der Waals surface area contributed by atoms with Gasteiger partial charge in [-0.05, 0) is 13.1 Å². The topological polar surface area (TPSA) is 43.7 Å². The molecule has 0 heterocycles. The first-order valence-corrected chi connectivity index (χ1v) is 3.29. The van der Waals surface area contributed by atoms with Crippen molar-refractivity contribution in [3.63, 3.8) is 0 Å². The van der Waals surface area contributed by atoms with Crippen molar-refractivity contribution < 1.29 is 10.2 Å². The summed E-state index contributed by atoms with van der Waals surface area (Å²) in [6.07, 6.45) is -1.19. The zero-order valence-corrected chi connectivity index (χ0v) is 6.04. The molecule has 56 valence electrons. The van der Waals surface area contributed by atoms with Gasteiger partial charge in [-0.1, -0.05) is 13.8 Å². The van der Waals surface area contributed by atoms with Crippen LogP contribution >= 0.6 is 0 Å². The minimum atomic E-state index is -1.19. The number of rotatable bonds is 4. The molecule has 0 spiro atoms. The van der Waals surface area contributed by atoms with E-state index in [4.69, 9.17) is 10.2 Å². The van der Waals surface area contributed by atoms with Gasteiger partial charge < -0.3 is 10.2 Å². The minimum absolute atomic E-state index is 0.354. The molecule has 0 unspecified atom stereocenters. The van der Waals surface area contributed by atoms with Crippen LogP contribution in [0.25, 0.3) is 0 Å². The van der Waals surface area contributed by atoms with Crippen molar-refractivity contribution in [1.82, 2.24) is 4.90 Å². The summed E-state index contributed by atoms with van der Waals surface area (Å²) in [4.78, 5) is 1.95. The van der Waals surface area contributed by atoms with Crippen molar-refractivity contribution in [1.29, 1.82) is 0 Å². The van der Waals surface area contributed by atoms with Gasteiger partial charge in [-0.2, -0.15) is 0 Å². The van der Waals surface area contributed by atoms with Gasteiger partial charge in [0.25, 0.3) is 0 Å². The van der Waals surface area contributed by atoms with E-state index in [1.165, 1.54) is 0 Å². The fourth-order valence-electron chi connectivity index (χ4n) is 0.713. The van der Waals surface area contributed by atoms with Crippen molar-refractivity contribution >= 4 is 0 Å². The third kappa shape index (κ3) is 4.39. The minimum Gasteiger partial charge on any atom is -0.367 e. The number of hydrogen-bond donors (Lipinski definition) is 2. The van der Waals surface area contributed by atoms with Gasteiger partial charge >= 0.3 is 0 Å². The van der Waals surface area contributed by atoms with Gasteiger partial charge in [0.15, 0.2) is 6.29 Å². The largest absolute Gasteiger partial charge is 0.367 e. The lowest BCUT2D eigenvalue weighted by molar-refractivity contribution is -0.0597. The van der Waals surface area contributed by atoms with Crippen molar-refractivity contribution in [2.45, 2.75) is 20.1 Å². The Labute approximate surface area is 55.9 Å². The normalized spacial score (nSPS) is 11.3. The third-order valence-corrected chi connectivity index (χ3v) is 1.32. The summed E-state index contributed by atoms with van der Waals surface area (Å²) in [5, 5.41) is 17.0. The van der Waals surface area contributed by atoms with Crippen LogP contribution in [0.4, 0.5) is 0 Å². The Morgan fingerprint density at radius 3 is 1.78 bits per heavy atom. The van der Waals surface area contributed by atoms with Crippen LogP contribution in [0.15, 0.2) is 0 Å². The summed E-state index contributed by atoms with van der Waals surface area (Å²) in [7, 11) is 0. The van der Waals surface area contributed by atoms with Crippen molar-refractivity contribution in [2.75, 3.05) is 19.6 Å². The molecule has 0 saturated heterocycles. The van der Waals surface area contributed by atoms with Gasteiger partial charge in [-0.3, -0.25) is 4.90 Å². The number of aliphatic hydroxyl groups is 2. The smallest absolute Gasteiger partial charge is 0.164 e. The van der Waals surface area contributed by atoms with E-state index in [0.29, 0.717) is 6.54 Å². The molecule has 9 heavy (non-hydrogen) atoms. The molecule has 0 fully saturated rings. The molecule has 3 heteroatoms. The van der Waals surface area contributed by atoms with E-state index in [2.05, 4.69) is 0 Å². The zero-order valence-electron chi connectivity index (χ0n) is 6.04. The predicted octanol–water partition coefficient (Wildman–Crippen LogP) is -0.361. The molecule has 0 aromatic rings. The van der Waals surface area contributed by atoms with E-state index in [0.717, 1.165) is 13.1 Å². The summed E-state index contributed by atoms with van der Waals surface area (Å²) < 4.78 is 0. The quantitative estimate of drug-likeness (QED) is 0.515. The highest BCUT2D eigenvalue weighted by atomic mass is 16.5. The maximum absolute atomic E-state index is 8.50. The van der Waals surface area contributed by atoms with Crippen LogP contribution in [-0.4, -0.2) is 41.0 Å². The van der Waals surface area contributed by atoms with Crippen molar-refractivity contribution in [3.8, 4) is 0 Å². The van der Waals surface area contributed by atoms with Crippen LogP contribution in [0.2, 0.25) is 0 Å². The summed E-state index contributed by atoms with van der Waals surface area (Å²) >= 11 is 0. The molecule has 0 rings (SSSR count). The first kappa shape index (κ1) is 8.88. The first-order valence-electron chi connectivity index (χ1n) is 3.29. The van der Waals surface area contributed by atoms with E-state index < -0.39 is 6.29 Å². The second-order valence-corrected chi connectivity index (χ2v) is 1.97. The highest BCUT2D eigenvalue weighted by molar-refractivity contribution is 4.51. The Balaban J connectivity index is 3.31. The molecular formula is C6H15NO2. The molecule has 0 bridgehead atoms. The summed E-state index contributed by atoms with van der Waals surface area (Å²) in [5.41, 5.74) is 0. The maximum atomic E-state index is 8.50. The van der Waals surface area contributed by atoms with E-state index in [-0.39, 0.29) is 0 Å². The zero-order chi connectivity index (χ0) is 7.28. The molecule has 0 aliphatic rings. The molecule has 0 aliphatic carbocycles. The Morgan fingerprint density at radius 2 is 1.67 bits per heavy atom. The standard InChI is InChI=1S/C6H15NO2/c1-3-7(4-2)5-6(8)9/h6,8-9H,3-5H2,1-2H3. The number of nitrogens with zero attached hydrogens (tertiary/aromatic N) is 1. The molecule has 0 aromatic heterocycles. The fourth-order valence-corrected chi connectivity index (χ4v) is 0.713. The van der Waals surface area contributed by atoms with Crippen LogP contribution < -0.4 is 0 Å². The third-order valence-electron chi connectivity index (χ3n) is 1.32. The average Bonchev–Trinajstić information content (AvgIpc) is 1.82. The predicted molar refractivity (Wildman–Crippen MR) is 36.0 cm³/mol. The second-order valence-electron chi connectivity index (χ2n) is 1.97. The molecule has 0 amide bonds. The van der Waals surface area contributed by atoms with E-state index in [1.54, 1.807) is 0 Å². The van der Waals surface area contributed by atoms with Crippen LogP contribution in [0.3, 0.4) is 0 Å². The summed E-state index contributed by atoms with van der Waals surface area (Å²) in [6, 6.07) is 0. The Kier molecular flexibility index (Phi) is 4.67. The van der Waals surface area contributed by atoms with Crippen LogP contribution in [0.1, 0.15) is 13.8 Å². The molecule has 0 atom stereocenters. The lowest BCUT2D eigenvalue weighted by atomic mass is 10.5. The van der Waals surface area contributed by atoms with Gasteiger partial charge in [-0.25, -0.2) is 0 Å². The lowest BCUT2D eigenvalue weighted by Gasteiger charge is -2.18.